The predicted octanol–water partition coefficient (Wildman–Crippen LogP) is 4.00. The molecule has 0 bridgehead atoms. The van der Waals surface area contributed by atoms with Crippen molar-refractivity contribution in [1.82, 2.24) is 5.32 Å². The average Bonchev–Trinajstić information content (AvgIpc) is 3.02. The van der Waals surface area contributed by atoms with Crippen LogP contribution in [0, 0.1) is 5.92 Å². The summed E-state index contributed by atoms with van der Waals surface area (Å²) in [5, 5.41) is 3.30. The molecule has 2 aromatic rings. The van der Waals surface area contributed by atoms with E-state index in [1.807, 2.05) is 24.3 Å². The van der Waals surface area contributed by atoms with Crippen molar-refractivity contribution < 1.29 is 14.3 Å². The molecule has 1 heterocycles. The molecule has 4 nitrogen and oxygen atoms in total. The summed E-state index contributed by atoms with van der Waals surface area (Å²) >= 11 is 7.53. The number of carbonyl (C=O) groups excluding carboxylic acids is 2. The Morgan fingerprint density at radius 2 is 2.16 bits per heavy atom. The standard InChI is InChI=1S/C19H20ClNO3S/c1-12-6-7-16-14(8-12)9-17(25-16)19(23)24-11-18(22)21-10-13-4-2-3-5-15(13)20/h2-5,9,12H,6-8,10-11H2,1H3,(H,21,22)/t12-/m1/s1. The first-order valence-electron chi connectivity index (χ1n) is 8.31. The lowest BCUT2D eigenvalue weighted by molar-refractivity contribution is -0.124. The van der Waals surface area contributed by atoms with Gasteiger partial charge in [0, 0.05) is 16.4 Å². The SMILES string of the molecule is C[C@@H]1CCc2sc(C(=O)OCC(=O)NCc3ccccc3Cl)cc2C1. The summed E-state index contributed by atoms with van der Waals surface area (Å²) in [5.74, 6) is -0.121. The van der Waals surface area contributed by atoms with Gasteiger partial charge in [-0.1, -0.05) is 36.7 Å². The van der Waals surface area contributed by atoms with Crippen LogP contribution in [-0.4, -0.2) is 18.5 Å². The zero-order valence-corrected chi connectivity index (χ0v) is 15.6. The van der Waals surface area contributed by atoms with Crippen molar-refractivity contribution >= 4 is 34.8 Å². The Morgan fingerprint density at radius 1 is 1.36 bits per heavy atom. The number of carbonyl (C=O) groups is 2. The fraction of sp³-hybridized carbons (Fsp3) is 0.368. The van der Waals surface area contributed by atoms with Crippen LogP contribution < -0.4 is 5.32 Å². The van der Waals surface area contributed by atoms with Crippen LogP contribution in [-0.2, 0) is 28.9 Å². The van der Waals surface area contributed by atoms with E-state index in [1.165, 1.54) is 21.8 Å². The van der Waals surface area contributed by atoms with Gasteiger partial charge in [-0.2, -0.15) is 0 Å². The number of halogens is 1. The van der Waals surface area contributed by atoms with E-state index in [4.69, 9.17) is 16.3 Å². The summed E-state index contributed by atoms with van der Waals surface area (Å²) in [4.78, 5) is 25.9. The molecule has 25 heavy (non-hydrogen) atoms. The van der Waals surface area contributed by atoms with E-state index < -0.39 is 5.97 Å². The number of benzene rings is 1. The minimum absolute atomic E-state index is 0.289. The van der Waals surface area contributed by atoms with Gasteiger partial charge in [0.2, 0.25) is 0 Å². The van der Waals surface area contributed by atoms with E-state index in [0.29, 0.717) is 22.4 Å². The van der Waals surface area contributed by atoms with Crippen molar-refractivity contribution in [2.45, 2.75) is 32.7 Å². The van der Waals surface area contributed by atoms with Gasteiger partial charge in [-0.05, 0) is 48.4 Å². The van der Waals surface area contributed by atoms with Gasteiger partial charge >= 0.3 is 5.97 Å². The lowest BCUT2D eigenvalue weighted by Crippen LogP contribution is -2.28. The molecule has 0 unspecified atom stereocenters. The van der Waals surface area contributed by atoms with E-state index in [1.54, 1.807) is 6.07 Å². The van der Waals surface area contributed by atoms with Crippen molar-refractivity contribution in [2.75, 3.05) is 6.61 Å². The molecule has 1 aromatic carbocycles. The Kier molecular flexibility index (Phi) is 5.76. The molecular formula is C19H20ClNO3S. The number of thiophene rings is 1. The molecular weight excluding hydrogens is 358 g/mol. The van der Waals surface area contributed by atoms with Crippen LogP contribution in [0.3, 0.4) is 0 Å². The number of hydrogen-bond donors (Lipinski definition) is 1. The van der Waals surface area contributed by atoms with Crippen molar-refractivity contribution in [1.29, 1.82) is 0 Å². The third-order valence-electron chi connectivity index (χ3n) is 4.30. The number of amides is 1. The second kappa shape index (κ2) is 8.02. The highest BCUT2D eigenvalue weighted by molar-refractivity contribution is 7.14. The highest BCUT2D eigenvalue weighted by Gasteiger charge is 2.21. The minimum atomic E-state index is -0.431. The van der Waals surface area contributed by atoms with Crippen molar-refractivity contribution in [2.24, 2.45) is 5.92 Å². The minimum Gasteiger partial charge on any atom is -0.451 e. The molecule has 0 radical (unpaired) electrons. The Labute approximate surface area is 156 Å². The Balaban J connectivity index is 1.49. The smallest absolute Gasteiger partial charge is 0.348 e. The maximum atomic E-state index is 12.2. The monoisotopic (exact) mass is 377 g/mol. The number of fused-ring (bicyclic) bond motifs is 1. The molecule has 132 valence electrons. The van der Waals surface area contributed by atoms with Crippen LogP contribution in [0.5, 0.6) is 0 Å². The van der Waals surface area contributed by atoms with E-state index in [9.17, 15) is 9.59 Å². The summed E-state index contributed by atoms with van der Waals surface area (Å²) in [6.07, 6.45) is 3.19. The number of hydrogen-bond acceptors (Lipinski definition) is 4. The highest BCUT2D eigenvalue weighted by Crippen LogP contribution is 2.32. The van der Waals surface area contributed by atoms with Crippen LogP contribution in [0.15, 0.2) is 30.3 Å². The fourth-order valence-corrected chi connectivity index (χ4v) is 4.20. The lowest BCUT2D eigenvalue weighted by atomic mass is 9.90. The molecule has 0 saturated carbocycles. The molecule has 1 aromatic heterocycles. The molecule has 0 fully saturated rings. The molecule has 0 spiro atoms. The summed E-state index contributed by atoms with van der Waals surface area (Å²) in [7, 11) is 0. The van der Waals surface area contributed by atoms with Gasteiger partial charge in [-0.3, -0.25) is 4.79 Å². The molecule has 0 saturated heterocycles. The first-order chi connectivity index (χ1) is 12.0. The van der Waals surface area contributed by atoms with E-state index >= 15 is 0 Å². The quantitative estimate of drug-likeness (QED) is 0.801. The predicted molar refractivity (Wildman–Crippen MR) is 99.1 cm³/mol. The van der Waals surface area contributed by atoms with E-state index in [2.05, 4.69) is 12.2 Å². The summed E-state index contributed by atoms with van der Waals surface area (Å²) < 4.78 is 5.14. The molecule has 1 aliphatic rings. The van der Waals surface area contributed by atoms with E-state index in [-0.39, 0.29) is 12.5 Å². The number of esters is 1. The largest absolute Gasteiger partial charge is 0.451 e. The zero-order valence-electron chi connectivity index (χ0n) is 14.0. The van der Waals surface area contributed by atoms with Gasteiger partial charge in [-0.25, -0.2) is 4.79 Å². The lowest BCUT2D eigenvalue weighted by Gasteiger charge is -2.16. The maximum Gasteiger partial charge on any atom is 0.348 e. The summed E-state index contributed by atoms with van der Waals surface area (Å²) in [6, 6.07) is 9.21. The third kappa shape index (κ3) is 4.61. The van der Waals surface area contributed by atoms with Gasteiger partial charge in [-0.15, -0.1) is 11.3 Å². The molecule has 3 rings (SSSR count). The first kappa shape index (κ1) is 18.0. The zero-order chi connectivity index (χ0) is 17.8. The van der Waals surface area contributed by atoms with Crippen LogP contribution in [0.1, 0.15) is 39.0 Å². The van der Waals surface area contributed by atoms with E-state index in [0.717, 1.165) is 24.8 Å². The summed E-state index contributed by atoms with van der Waals surface area (Å²) in [6.45, 7) is 2.24. The van der Waals surface area contributed by atoms with Crippen LogP contribution in [0.25, 0.3) is 0 Å². The van der Waals surface area contributed by atoms with Crippen LogP contribution in [0.2, 0.25) is 5.02 Å². The topological polar surface area (TPSA) is 55.4 Å². The third-order valence-corrected chi connectivity index (χ3v) is 5.88. The number of rotatable bonds is 5. The molecule has 1 N–H and O–H groups in total. The maximum absolute atomic E-state index is 12.2. The molecule has 0 aliphatic heterocycles. The second-order valence-electron chi connectivity index (χ2n) is 6.35. The number of aryl methyl sites for hydroxylation is 1. The average molecular weight is 378 g/mol. The van der Waals surface area contributed by atoms with Gasteiger partial charge in [0.15, 0.2) is 6.61 Å². The molecule has 1 atom stereocenters. The van der Waals surface area contributed by atoms with Gasteiger partial charge in [0.05, 0.1) is 0 Å². The van der Waals surface area contributed by atoms with Crippen LogP contribution >= 0.6 is 22.9 Å². The first-order valence-corrected chi connectivity index (χ1v) is 9.51. The van der Waals surface area contributed by atoms with Crippen molar-refractivity contribution in [3.63, 3.8) is 0 Å². The van der Waals surface area contributed by atoms with Crippen LogP contribution in [0.4, 0.5) is 0 Å². The fourth-order valence-electron chi connectivity index (χ4n) is 2.90. The van der Waals surface area contributed by atoms with Gasteiger partial charge in [0.25, 0.3) is 5.91 Å². The number of ether oxygens (including phenoxy) is 1. The van der Waals surface area contributed by atoms with Gasteiger partial charge in [0.1, 0.15) is 4.88 Å². The molecule has 1 amide bonds. The Bertz CT molecular complexity index is 787. The summed E-state index contributed by atoms with van der Waals surface area (Å²) in [5.41, 5.74) is 2.07. The van der Waals surface area contributed by atoms with Gasteiger partial charge < -0.3 is 10.1 Å². The molecule has 1 aliphatic carbocycles. The Hall–Kier alpha value is -1.85. The molecule has 6 heteroatoms. The van der Waals surface area contributed by atoms with Crippen molar-refractivity contribution in [3.8, 4) is 0 Å². The second-order valence-corrected chi connectivity index (χ2v) is 7.90. The van der Waals surface area contributed by atoms with Crippen molar-refractivity contribution in [3.05, 3.63) is 56.2 Å². The highest BCUT2D eigenvalue weighted by atomic mass is 35.5. The normalized spacial score (nSPS) is 16.2. The number of nitrogens with one attached hydrogen (secondary N) is 1. The Morgan fingerprint density at radius 3 is 2.96 bits per heavy atom.